The van der Waals surface area contributed by atoms with Gasteiger partial charge in [-0.15, -0.1) is 0 Å². The maximum atomic E-state index is 12.1. The molecule has 2 nitrogen and oxygen atoms in total. The van der Waals surface area contributed by atoms with Gasteiger partial charge in [0.25, 0.3) is 0 Å². The van der Waals surface area contributed by atoms with Gasteiger partial charge in [-0.2, -0.15) is 0 Å². The zero-order chi connectivity index (χ0) is 13.2. The van der Waals surface area contributed by atoms with Crippen molar-refractivity contribution in [1.82, 2.24) is 5.32 Å². The SMILES string of the molecule is CC(C)C1=C(C(C)C)C(C(C)C)C(=O)NC=C1. The van der Waals surface area contributed by atoms with Gasteiger partial charge in [-0.1, -0.05) is 47.1 Å². The Morgan fingerprint density at radius 3 is 2.06 bits per heavy atom. The van der Waals surface area contributed by atoms with Gasteiger partial charge in [0.2, 0.25) is 5.91 Å². The zero-order valence-electron chi connectivity index (χ0n) is 11.9. The highest BCUT2D eigenvalue weighted by molar-refractivity contribution is 5.84. The molecule has 1 aliphatic heterocycles. The minimum Gasteiger partial charge on any atom is -0.332 e. The molecule has 0 bridgehead atoms. The minimum atomic E-state index is 0.00222. The van der Waals surface area contributed by atoms with Gasteiger partial charge in [0.15, 0.2) is 0 Å². The lowest BCUT2D eigenvalue weighted by atomic mass is 9.77. The second kappa shape index (κ2) is 5.52. The van der Waals surface area contributed by atoms with Gasteiger partial charge in [-0.3, -0.25) is 4.79 Å². The predicted octanol–water partition coefficient (Wildman–Crippen LogP) is 3.51. The zero-order valence-corrected chi connectivity index (χ0v) is 11.9. The summed E-state index contributed by atoms with van der Waals surface area (Å²) in [7, 11) is 0. The van der Waals surface area contributed by atoms with E-state index in [2.05, 4.69) is 52.9 Å². The van der Waals surface area contributed by atoms with Crippen LogP contribution < -0.4 is 5.32 Å². The van der Waals surface area contributed by atoms with Crippen molar-refractivity contribution >= 4 is 5.91 Å². The summed E-state index contributed by atoms with van der Waals surface area (Å²) in [5.41, 5.74) is 2.62. The number of carbonyl (C=O) groups is 1. The molecule has 0 radical (unpaired) electrons. The summed E-state index contributed by atoms with van der Waals surface area (Å²) in [5, 5.41) is 2.88. The maximum absolute atomic E-state index is 12.1. The third kappa shape index (κ3) is 2.99. The van der Waals surface area contributed by atoms with E-state index < -0.39 is 0 Å². The minimum absolute atomic E-state index is 0.00222. The summed E-state index contributed by atoms with van der Waals surface area (Å²) < 4.78 is 0. The highest BCUT2D eigenvalue weighted by atomic mass is 16.1. The molecule has 17 heavy (non-hydrogen) atoms. The second-order valence-electron chi connectivity index (χ2n) is 5.78. The van der Waals surface area contributed by atoms with Crippen LogP contribution in [0.25, 0.3) is 0 Å². The molecule has 1 atom stereocenters. The molecule has 1 N–H and O–H groups in total. The summed E-state index contributed by atoms with van der Waals surface area (Å²) in [6, 6.07) is 0. The van der Waals surface area contributed by atoms with Crippen LogP contribution in [0.5, 0.6) is 0 Å². The molecule has 1 rings (SSSR count). The first kappa shape index (κ1) is 14.0. The number of hydrogen-bond acceptors (Lipinski definition) is 1. The Hall–Kier alpha value is -1.05. The highest BCUT2D eigenvalue weighted by Gasteiger charge is 2.31. The fraction of sp³-hybridized carbons (Fsp3) is 0.667. The van der Waals surface area contributed by atoms with Crippen LogP contribution in [0.1, 0.15) is 41.5 Å². The Balaban J connectivity index is 3.34. The van der Waals surface area contributed by atoms with Gasteiger partial charge < -0.3 is 5.32 Å². The van der Waals surface area contributed by atoms with E-state index in [1.165, 1.54) is 11.1 Å². The monoisotopic (exact) mass is 235 g/mol. The van der Waals surface area contributed by atoms with E-state index in [0.717, 1.165) is 0 Å². The lowest BCUT2D eigenvalue weighted by molar-refractivity contribution is -0.124. The van der Waals surface area contributed by atoms with Crippen molar-refractivity contribution in [3.63, 3.8) is 0 Å². The van der Waals surface area contributed by atoms with Crippen molar-refractivity contribution in [2.24, 2.45) is 23.7 Å². The van der Waals surface area contributed by atoms with Crippen LogP contribution in [0, 0.1) is 23.7 Å². The topological polar surface area (TPSA) is 29.1 Å². The van der Waals surface area contributed by atoms with Crippen molar-refractivity contribution in [2.45, 2.75) is 41.5 Å². The molecule has 0 aromatic rings. The van der Waals surface area contributed by atoms with Crippen LogP contribution in [0.15, 0.2) is 23.4 Å². The number of nitrogens with one attached hydrogen (secondary N) is 1. The summed E-state index contributed by atoms with van der Waals surface area (Å²) in [5.74, 6) is 1.34. The molecule has 0 aliphatic carbocycles. The molecule has 1 heterocycles. The highest BCUT2D eigenvalue weighted by Crippen LogP contribution is 2.34. The largest absolute Gasteiger partial charge is 0.332 e. The van der Waals surface area contributed by atoms with Crippen LogP contribution in [-0.4, -0.2) is 5.91 Å². The van der Waals surface area contributed by atoms with Crippen LogP contribution in [-0.2, 0) is 4.79 Å². The van der Waals surface area contributed by atoms with Gasteiger partial charge in [0, 0.05) is 6.20 Å². The average Bonchev–Trinajstić information content (AvgIpc) is 2.36. The summed E-state index contributed by atoms with van der Waals surface area (Å²) in [4.78, 5) is 12.1. The molecule has 1 aliphatic rings. The molecule has 1 amide bonds. The molecule has 0 spiro atoms. The number of carbonyl (C=O) groups excluding carboxylic acids is 1. The molecule has 0 saturated carbocycles. The normalized spacial score (nSPS) is 21.5. The standard InChI is InChI=1S/C15H25NO/c1-9(2)12-7-8-16-15(17)14(11(5)6)13(12)10(3)4/h7-11,14H,1-6H3,(H,16,17). The van der Waals surface area contributed by atoms with E-state index >= 15 is 0 Å². The number of hydrogen-bond donors (Lipinski definition) is 1. The molecule has 0 aromatic carbocycles. The van der Waals surface area contributed by atoms with Crippen molar-refractivity contribution in [3.8, 4) is 0 Å². The Morgan fingerprint density at radius 1 is 1.06 bits per heavy atom. The summed E-state index contributed by atoms with van der Waals surface area (Å²) in [6.07, 6.45) is 3.86. The quantitative estimate of drug-likeness (QED) is 0.797. The number of rotatable bonds is 3. The number of amides is 1. The van der Waals surface area contributed by atoms with Gasteiger partial charge >= 0.3 is 0 Å². The van der Waals surface area contributed by atoms with Crippen LogP contribution in [0.4, 0.5) is 0 Å². The van der Waals surface area contributed by atoms with Gasteiger partial charge in [-0.05, 0) is 29.4 Å². The first-order valence-corrected chi connectivity index (χ1v) is 6.57. The third-order valence-corrected chi connectivity index (χ3v) is 3.35. The van der Waals surface area contributed by atoms with E-state index in [1.807, 2.05) is 0 Å². The predicted molar refractivity (Wildman–Crippen MR) is 72.3 cm³/mol. The second-order valence-corrected chi connectivity index (χ2v) is 5.78. The smallest absolute Gasteiger partial charge is 0.231 e. The average molecular weight is 235 g/mol. The lowest BCUT2D eigenvalue weighted by Crippen LogP contribution is -2.32. The van der Waals surface area contributed by atoms with E-state index in [0.29, 0.717) is 17.8 Å². The van der Waals surface area contributed by atoms with E-state index in [-0.39, 0.29) is 11.8 Å². The lowest BCUT2D eigenvalue weighted by Gasteiger charge is -2.27. The van der Waals surface area contributed by atoms with Crippen molar-refractivity contribution < 1.29 is 4.79 Å². The Bertz CT molecular complexity index is 348. The molecular weight excluding hydrogens is 210 g/mol. The molecule has 0 fully saturated rings. The van der Waals surface area contributed by atoms with Crippen molar-refractivity contribution in [3.05, 3.63) is 23.4 Å². The first-order valence-electron chi connectivity index (χ1n) is 6.57. The molecular formula is C15H25NO. The number of allylic oxidation sites excluding steroid dienone is 2. The summed E-state index contributed by atoms with van der Waals surface area (Å²) >= 11 is 0. The fourth-order valence-corrected chi connectivity index (χ4v) is 2.60. The van der Waals surface area contributed by atoms with E-state index in [1.54, 1.807) is 6.20 Å². The Kier molecular flexibility index (Phi) is 4.55. The summed E-state index contributed by atoms with van der Waals surface area (Å²) in [6.45, 7) is 13.0. The molecule has 0 aromatic heterocycles. The van der Waals surface area contributed by atoms with E-state index in [9.17, 15) is 4.79 Å². The maximum Gasteiger partial charge on any atom is 0.231 e. The molecule has 1 unspecified atom stereocenters. The van der Waals surface area contributed by atoms with Gasteiger partial charge in [-0.25, -0.2) is 0 Å². The van der Waals surface area contributed by atoms with E-state index in [4.69, 9.17) is 0 Å². The van der Waals surface area contributed by atoms with Gasteiger partial charge in [0.05, 0.1) is 5.92 Å². The van der Waals surface area contributed by atoms with Crippen LogP contribution in [0.2, 0.25) is 0 Å². The van der Waals surface area contributed by atoms with Crippen molar-refractivity contribution in [2.75, 3.05) is 0 Å². The first-order chi connectivity index (χ1) is 7.86. The van der Waals surface area contributed by atoms with Crippen LogP contribution >= 0.6 is 0 Å². The third-order valence-electron chi connectivity index (χ3n) is 3.35. The molecule has 96 valence electrons. The molecule has 0 saturated heterocycles. The van der Waals surface area contributed by atoms with Crippen molar-refractivity contribution in [1.29, 1.82) is 0 Å². The fourth-order valence-electron chi connectivity index (χ4n) is 2.60. The Morgan fingerprint density at radius 2 is 1.65 bits per heavy atom. The van der Waals surface area contributed by atoms with Gasteiger partial charge in [0.1, 0.15) is 0 Å². The van der Waals surface area contributed by atoms with Crippen LogP contribution in [0.3, 0.4) is 0 Å². The Labute approximate surface area is 105 Å². The molecule has 2 heteroatoms.